The van der Waals surface area contributed by atoms with E-state index in [-0.39, 0.29) is 5.28 Å². The van der Waals surface area contributed by atoms with Crippen molar-refractivity contribution in [2.75, 3.05) is 31.2 Å². The summed E-state index contributed by atoms with van der Waals surface area (Å²) in [4.78, 5) is 10.8. The molecule has 1 saturated heterocycles. The van der Waals surface area contributed by atoms with Crippen LogP contribution in [0, 0.1) is 6.92 Å². The Morgan fingerprint density at radius 1 is 1.26 bits per heavy atom. The van der Waals surface area contributed by atoms with E-state index in [1.54, 1.807) is 0 Å². The lowest BCUT2D eigenvalue weighted by Gasteiger charge is -2.27. The molecular weight excluding hydrogens is 266 g/mol. The standard InChI is InChI=1S/C13H16ClN3O2/c1-3-9-8(2)10-11(19-9)12(16-13(14)15-10)17-4-6-18-7-5-17/h3-7H2,1-2H3. The lowest BCUT2D eigenvalue weighted by molar-refractivity contribution is 0.122. The summed E-state index contributed by atoms with van der Waals surface area (Å²) in [7, 11) is 0. The summed E-state index contributed by atoms with van der Waals surface area (Å²) in [5, 5.41) is 0.264. The van der Waals surface area contributed by atoms with Gasteiger partial charge in [-0.2, -0.15) is 4.98 Å². The first-order valence-electron chi connectivity index (χ1n) is 6.49. The van der Waals surface area contributed by atoms with Crippen LogP contribution < -0.4 is 4.90 Å². The molecule has 0 saturated carbocycles. The van der Waals surface area contributed by atoms with E-state index in [1.165, 1.54) is 0 Å². The van der Waals surface area contributed by atoms with Crippen LogP contribution >= 0.6 is 11.6 Å². The van der Waals surface area contributed by atoms with Crippen LogP contribution in [0.25, 0.3) is 11.1 Å². The summed E-state index contributed by atoms with van der Waals surface area (Å²) < 4.78 is 11.3. The van der Waals surface area contributed by atoms with Crippen LogP contribution in [0.2, 0.25) is 5.28 Å². The Morgan fingerprint density at radius 2 is 2.00 bits per heavy atom. The third-order valence-corrected chi connectivity index (χ3v) is 3.62. The largest absolute Gasteiger partial charge is 0.455 e. The molecule has 3 rings (SSSR count). The predicted molar refractivity (Wildman–Crippen MR) is 74.0 cm³/mol. The molecule has 1 fully saturated rings. The number of hydrogen-bond acceptors (Lipinski definition) is 5. The zero-order valence-electron chi connectivity index (χ0n) is 11.1. The Bertz CT molecular complexity index is 605. The molecule has 2 aromatic heterocycles. The Morgan fingerprint density at radius 3 is 2.68 bits per heavy atom. The number of aromatic nitrogens is 2. The van der Waals surface area contributed by atoms with Crippen LogP contribution in [0.4, 0.5) is 5.82 Å². The molecule has 102 valence electrons. The Kier molecular flexibility index (Phi) is 3.33. The fourth-order valence-electron chi connectivity index (χ4n) is 2.42. The number of aryl methyl sites for hydroxylation is 2. The highest BCUT2D eigenvalue weighted by atomic mass is 35.5. The van der Waals surface area contributed by atoms with Gasteiger partial charge in [0.15, 0.2) is 11.4 Å². The van der Waals surface area contributed by atoms with E-state index in [2.05, 4.69) is 21.8 Å². The molecule has 1 aliphatic heterocycles. The highest BCUT2D eigenvalue weighted by Gasteiger charge is 2.22. The molecule has 0 amide bonds. The Labute approximate surface area is 116 Å². The van der Waals surface area contributed by atoms with Crippen molar-refractivity contribution in [1.82, 2.24) is 9.97 Å². The Balaban J connectivity index is 2.17. The van der Waals surface area contributed by atoms with Gasteiger partial charge < -0.3 is 14.1 Å². The molecule has 0 aliphatic carbocycles. The highest BCUT2D eigenvalue weighted by molar-refractivity contribution is 6.28. The summed E-state index contributed by atoms with van der Waals surface area (Å²) >= 11 is 6.05. The van der Waals surface area contributed by atoms with Crippen molar-refractivity contribution < 1.29 is 9.15 Å². The highest BCUT2D eigenvalue weighted by Crippen LogP contribution is 2.32. The monoisotopic (exact) mass is 281 g/mol. The summed E-state index contributed by atoms with van der Waals surface area (Å²) in [5.41, 5.74) is 2.61. The van der Waals surface area contributed by atoms with Gasteiger partial charge in [-0.05, 0) is 18.5 Å². The van der Waals surface area contributed by atoms with Crippen LogP contribution in [0.3, 0.4) is 0 Å². The summed E-state index contributed by atoms with van der Waals surface area (Å²) in [6, 6.07) is 0. The van der Waals surface area contributed by atoms with E-state index in [9.17, 15) is 0 Å². The SMILES string of the molecule is CCc1oc2c(N3CCOCC3)nc(Cl)nc2c1C. The van der Waals surface area contributed by atoms with Crippen molar-refractivity contribution in [3.63, 3.8) is 0 Å². The fraction of sp³-hybridized carbons (Fsp3) is 0.538. The first kappa shape index (κ1) is 12.7. The van der Waals surface area contributed by atoms with E-state index in [0.717, 1.165) is 47.8 Å². The van der Waals surface area contributed by atoms with Crippen LogP contribution in [-0.2, 0) is 11.2 Å². The zero-order chi connectivity index (χ0) is 13.4. The number of rotatable bonds is 2. The van der Waals surface area contributed by atoms with Gasteiger partial charge in [0.05, 0.1) is 13.2 Å². The van der Waals surface area contributed by atoms with Crippen LogP contribution in [-0.4, -0.2) is 36.3 Å². The molecule has 6 heteroatoms. The molecule has 5 nitrogen and oxygen atoms in total. The first-order chi connectivity index (χ1) is 9.20. The van der Waals surface area contributed by atoms with Crippen LogP contribution in [0.5, 0.6) is 0 Å². The van der Waals surface area contributed by atoms with Gasteiger partial charge in [-0.15, -0.1) is 0 Å². The number of furan rings is 1. The minimum atomic E-state index is 0.264. The van der Waals surface area contributed by atoms with Crippen molar-refractivity contribution in [3.05, 3.63) is 16.6 Å². The van der Waals surface area contributed by atoms with Gasteiger partial charge >= 0.3 is 0 Å². The van der Waals surface area contributed by atoms with E-state index in [1.807, 2.05) is 6.92 Å². The minimum absolute atomic E-state index is 0.264. The lowest BCUT2D eigenvalue weighted by atomic mass is 10.2. The molecule has 3 heterocycles. The number of hydrogen-bond donors (Lipinski definition) is 0. The number of ether oxygens (including phenoxy) is 1. The van der Waals surface area contributed by atoms with Crippen LogP contribution in [0.15, 0.2) is 4.42 Å². The molecule has 1 aliphatic rings. The number of fused-ring (bicyclic) bond motifs is 1. The number of morpholine rings is 1. The van der Waals surface area contributed by atoms with Gasteiger partial charge in [-0.3, -0.25) is 0 Å². The second-order valence-electron chi connectivity index (χ2n) is 4.60. The second kappa shape index (κ2) is 4.98. The maximum absolute atomic E-state index is 6.05. The molecule has 0 bridgehead atoms. The molecule has 0 aromatic carbocycles. The number of halogens is 1. The lowest BCUT2D eigenvalue weighted by Crippen LogP contribution is -2.36. The molecule has 0 radical (unpaired) electrons. The van der Waals surface area contributed by atoms with Gasteiger partial charge in [-0.25, -0.2) is 4.98 Å². The zero-order valence-corrected chi connectivity index (χ0v) is 11.8. The van der Waals surface area contributed by atoms with E-state index < -0.39 is 0 Å². The summed E-state index contributed by atoms with van der Waals surface area (Å²) in [6.07, 6.45) is 0.836. The first-order valence-corrected chi connectivity index (χ1v) is 6.86. The number of nitrogens with zero attached hydrogens (tertiary/aromatic N) is 3. The smallest absolute Gasteiger partial charge is 0.225 e. The minimum Gasteiger partial charge on any atom is -0.455 e. The number of anilines is 1. The quantitative estimate of drug-likeness (QED) is 0.792. The molecule has 0 spiro atoms. The summed E-state index contributed by atoms with van der Waals surface area (Å²) in [5.74, 6) is 1.72. The van der Waals surface area contributed by atoms with E-state index in [4.69, 9.17) is 20.8 Å². The Hall–Kier alpha value is -1.33. The van der Waals surface area contributed by atoms with Crippen molar-refractivity contribution >= 4 is 28.5 Å². The average molecular weight is 282 g/mol. The maximum Gasteiger partial charge on any atom is 0.225 e. The van der Waals surface area contributed by atoms with Gasteiger partial charge in [-0.1, -0.05) is 6.92 Å². The third kappa shape index (κ3) is 2.17. The fourth-order valence-corrected chi connectivity index (χ4v) is 2.58. The van der Waals surface area contributed by atoms with Crippen molar-refractivity contribution in [2.24, 2.45) is 0 Å². The second-order valence-corrected chi connectivity index (χ2v) is 4.94. The topological polar surface area (TPSA) is 51.4 Å². The maximum atomic E-state index is 6.05. The van der Waals surface area contributed by atoms with Crippen molar-refractivity contribution in [1.29, 1.82) is 0 Å². The molecule has 2 aromatic rings. The van der Waals surface area contributed by atoms with Crippen molar-refractivity contribution in [3.8, 4) is 0 Å². The molecule has 0 unspecified atom stereocenters. The predicted octanol–water partition coefficient (Wildman–Crippen LogP) is 2.58. The normalized spacial score (nSPS) is 16.3. The molecule has 0 N–H and O–H groups in total. The molecular formula is C13H16ClN3O2. The molecule has 19 heavy (non-hydrogen) atoms. The van der Waals surface area contributed by atoms with E-state index >= 15 is 0 Å². The molecule has 0 atom stereocenters. The average Bonchev–Trinajstić information content (AvgIpc) is 2.76. The van der Waals surface area contributed by atoms with E-state index in [0.29, 0.717) is 13.2 Å². The van der Waals surface area contributed by atoms with Gasteiger partial charge in [0.25, 0.3) is 0 Å². The van der Waals surface area contributed by atoms with Crippen LogP contribution in [0.1, 0.15) is 18.2 Å². The summed E-state index contributed by atoms with van der Waals surface area (Å²) in [6.45, 7) is 7.06. The van der Waals surface area contributed by atoms with Gasteiger partial charge in [0.2, 0.25) is 5.28 Å². The van der Waals surface area contributed by atoms with Gasteiger partial charge in [0, 0.05) is 25.1 Å². The van der Waals surface area contributed by atoms with Gasteiger partial charge in [0.1, 0.15) is 11.3 Å². The van der Waals surface area contributed by atoms with Crippen molar-refractivity contribution in [2.45, 2.75) is 20.3 Å². The third-order valence-electron chi connectivity index (χ3n) is 3.45.